The van der Waals surface area contributed by atoms with Crippen LogP contribution in [0.3, 0.4) is 0 Å². The van der Waals surface area contributed by atoms with Crippen LogP contribution in [0.15, 0.2) is 12.1 Å². The second kappa shape index (κ2) is 8.04. The summed E-state index contributed by atoms with van der Waals surface area (Å²) in [5.41, 5.74) is 3.17. The molecule has 0 unspecified atom stereocenters. The van der Waals surface area contributed by atoms with Crippen molar-refractivity contribution in [3.05, 3.63) is 28.8 Å². The second-order valence-electron chi connectivity index (χ2n) is 5.92. The topological polar surface area (TPSA) is 59.1 Å². The fourth-order valence-electron chi connectivity index (χ4n) is 2.89. The van der Waals surface area contributed by atoms with Crippen LogP contribution in [0.5, 0.6) is 5.75 Å². The first-order chi connectivity index (χ1) is 11.5. The minimum absolute atomic E-state index is 0.0891. The van der Waals surface area contributed by atoms with Gasteiger partial charge in [0.1, 0.15) is 5.75 Å². The van der Waals surface area contributed by atoms with E-state index in [4.69, 9.17) is 9.47 Å². The van der Waals surface area contributed by atoms with Crippen LogP contribution in [-0.4, -0.2) is 61.7 Å². The molecule has 2 rings (SSSR count). The highest BCUT2D eigenvalue weighted by atomic mass is 16.6. The predicted molar refractivity (Wildman–Crippen MR) is 91.3 cm³/mol. The molecule has 6 heteroatoms. The maximum Gasteiger partial charge on any atom is 0.409 e. The lowest BCUT2D eigenvalue weighted by atomic mass is 9.99. The first-order valence-corrected chi connectivity index (χ1v) is 8.30. The summed E-state index contributed by atoms with van der Waals surface area (Å²) in [4.78, 5) is 27.7. The van der Waals surface area contributed by atoms with Gasteiger partial charge in [-0.3, -0.25) is 4.79 Å². The van der Waals surface area contributed by atoms with E-state index in [1.807, 2.05) is 30.9 Å². The Hall–Kier alpha value is -2.24. The van der Waals surface area contributed by atoms with Crippen LogP contribution in [0, 0.1) is 13.8 Å². The Kier molecular flexibility index (Phi) is 6.06. The first-order valence-electron chi connectivity index (χ1n) is 8.30. The molecular weight excluding hydrogens is 308 g/mol. The summed E-state index contributed by atoms with van der Waals surface area (Å²) in [6.07, 6.45) is 0.0713. The third-order valence-corrected chi connectivity index (χ3v) is 4.57. The molecule has 2 amide bonds. The summed E-state index contributed by atoms with van der Waals surface area (Å²) >= 11 is 0. The van der Waals surface area contributed by atoms with Crippen molar-refractivity contribution in [2.24, 2.45) is 0 Å². The van der Waals surface area contributed by atoms with E-state index in [1.54, 1.807) is 18.9 Å². The molecule has 0 N–H and O–H groups in total. The molecule has 0 aliphatic carbocycles. The van der Waals surface area contributed by atoms with E-state index in [9.17, 15) is 9.59 Å². The lowest BCUT2D eigenvalue weighted by Gasteiger charge is -2.34. The number of carbonyl (C=O) groups excluding carboxylic acids is 2. The van der Waals surface area contributed by atoms with E-state index in [0.29, 0.717) is 39.2 Å². The number of rotatable bonds is 4. The van der Waals surface area contributed by atoms with Gasteiger partial charge in [-0.05, 0) is 43.5 Å². The van der Waals surface area contributed by atoms with Crippen LogP contribution >= 0.6 is 0 Å². The van der Waals surface area contributed by atoms with Gasteiger partial charge in [0.15, 0.2) is 0 Å². The fraction of sp³-hybridized carbons (Fsp3) is 0.556. The Morgan fingerprint density at radius 2 is 1.67 bits per heavy atom. The van der Waals surface area contributed by atoms with Crippen molar-refractivity contribution >= 4 is 12.0 Å². The molecule has 24 heavy (non-hydrogen) atoms. The lowest BCUT2D eigenvalue weighted by molar-refractivity contribution is -0.132. The van der Waals surface area contributed by atoms with E-state index < -0.39 is 0 Å². The maximum absolute atomic E-state index is 12.5. The molecule has 1 aliphatic rings. The minimum Gasteiger partial charge on any atom is -0.496 e. The van der Waals surface area contributed by atoms with Gasteiger partial charge in [-0.25, -0.2) is 4.79 Å². The van der Waals surface area contributed by atoms with Crippen molar-refractivity contribution in [2.45, 2.75) is 27.2 Å². The summed E-state index contributed by atoms with van der Waals surface area (Å²) in [5, 5.41) is 0. The minimum atomic E-state index is -0.300. The van der Waals surface area contributed by atoms with Gasteiger partial charge in [0.05, 0.1) is 20.1 Å². The van der Waals surface area contributed by atoms with Crippen LogP contribution in [0.25, 0.3) is 0 Å². The predicted octanol–water partition coefficient (Wildman–Crippen LogP) is 2.16. The molecule has 0 saturated carbocycles. The molecule has 1 aliphatic heterocycles. The van der Waals surface area contributed by atoms with Crippen molar-refractivity contribution in [3.8, 4) is 5.75 Å². The van der Waals surface area contributed by atoms with Gasteiger partial charge in [0, 0.05) is 26.2 Å². The summed E-state index contributed by atoms with van der Waals surface area (Å²) in [6.45, 7) is 8.30. The molecule has 1 aromatic carbocycles. The lowest BCUT2D eigenvalue weighted by Crippen LogP contribution is -2.51. The quantitative estimate of drug-likeness (QED) is 0.847. The highest BCUT2D eigenvalue weighted by Gasteiger charge is 2.25. The van der Waals surface area contributed by atoms with Crippen LogP contribution < -0.4 is 4.74 Å². The Morgan fingerprint density at radius 1 is 1.04 bits per heavy atom. The van der Waals surface area contributed by atoms with Gasteiger partial charge >= 0.3 is 6.09 Å². The second-order valence-corrected chi connectivity index (χ2v) is 5.92. The molecule has 0 atom stereocenters. The molecule has 0 bridgehead atoms. The van der Waals surface area contributed by atoms with E-state index in [-0.39, 0.29) is 12.0 Å². The smallest absolute Gasteiger partial charge is 0.409 e. The van der Waals surface area contributed by atoms with Crippen LogP contribution in [0.2, 0.25) is 0 Å². The number of nitrogens with zero attached hydrogens (tertiary/aromatic N) is 2. The maximum atomic E-state index is 12.5. The van der Waals surface area contributed by atoms with Crippen molar-refractivity contribution in [2.75, 3.05) is 39.9 Å². The van der Waals surface area contributed by atoms with Gasteiger partial charge in [-0.15, -0.1) is 0 Å². The zero-order valence-electron chi connectivity index (χ0n) is 14.9. The number of ether oxygens (including phenoxy) is 2. The number of benzene rings is 1. The highest BCUT2D eigenvalue weighted by molar-refractivity contribution is 5.80. The zero-order valence-corrected chi connectivity index (χ0v) is 14.9. The van der Waals surface area contributed by atoms with Gasteiger partial charge < -0.3 is 19.3 Å². The Bertz CT molecular complexity index is 607. The van der Waals surface area contributed by atoms with Gasteiger partial charge in [-0.2, -0.15) is 0 Å². The Morgan fingerprint density at radius 3 is 2.25 bits per heavy atom. The SMILES string of the molecule is CCOC(=O)N1CCN(C(=O)Cc2ccc(OC)c(C)c2C)CC1. The molecule has 6 nitrogen and oxygen atoms in total. The first kappa shape index (κ1) is 18.1. The molecule has 0 radical (unpaired) electrons. The summed E-state index contributed by atoms with van der Waals surface area (Å²) in [5.74, 6) is 0.929. The molecule has 0 aromatic heterocycles. The fourth-order valence-corrected chi connectivity index (χ4v) is 2.89. The van der Waals surface area contributed by atoms with E-state index in [1.165, 1.54) is 0 Å². The van der Waals surface area contributed by atoms with Gasteiger partial charge in [-0.1, -0.05) is 6.07 Å². The van der Waals surface area contributed by atoms with Crippen LogP contribution in [0.4, 0.5) is 4.79 Å². The van der Waals surface area contributed by atoms with E-state index >= 15 is 0 Å². The van der Waals surface area contributed by atoms with E-state index in [0.717, 1.165) is 22.4 Å². The number of piperazine rings is 1. The Balaban J connectivity index is 1.95. The van der Waals surface area contributed by atoms with Gasteiger partial charge in [0.2, 0.25) is 5.91 Å². The number of hydrogen-bond acceptors (Lipinski definition) is 4. The molecule has 1 aromatic rings. The van der Waals surface area contributed by atoms with Crippen LogP contribution in [-0.2, 0) is 16.0 Å². The van der Waals surface area contributed by atoms with Crippen molar-refractivity contribution in [1.29, 1.82) is 0 Å². The third-order valence-electron chi connectivity index (χ3n) is 4.57. The monoisotopic (exact) mass is 334 g/mol. The van der Waals surface area contributed by atoms with Crippen molar-refractivity contribution < 1.29 is 19.1 Å². The standard InChI is InChI=1S/C18H26N2O4/c1-5-24-18(22)20-10-8-19(9-11-20)17(21)12-15-6-7-16(23-4)14(3)13(15)2/h6-7H,5,8-12H2,1-4H3. The third kappa shape index (κ3) is 3.99. The summed E-state index contributed by atoms with van der Waals surface area (Å²) in [6, 6.07) is 3.86. The normalized spacial score (nSPS) is 14.5. The molecule has 1 heterocycles. The van der Waals surface area contributed by atoms with Crippen molar-refractivity contribution in [3.63, 3.8) is 0 Å². The molecule has 1 saturated heterocycles. The number of carbonyl (C=O) groups is 2. The summed E-state index contributed by atoms with van der Waals surface area (Å²) in [7, 11) is 1.65. The Labute approximate surface area is 143 Å². The number of amides is 2. The highest BCUT2D eigenvalue weighted by Crippen LogP contribution is 2.24. The average Bonchev–Trinajstić information content (AvgIpc) is 2.59. The molecule has 0 spiro atoms. The molecule has 132 valence electrons. The van der Waals surface area contributed by atoms with E-state index in [2.05, 4.69) is 0 Å². The van der Waals surface area contributed by atoms with Crippen LogP contribution in [0.1, 0.15) is 23.6 Å². The summed E-state index contributed by atoms with van der Waals surface area (Å²) < 4.78 is 10.3. The largest absolute Gasteiger partial charge is 0.496 e. The number of hydrogen-bond donors (Lipinski definition) is 0. The van der Waals surface area contributed by atoms with Crippen molar-refractivity contribution in [1.82, 2.24) is 9.80 Å². The van der Waals surface area contributed by atoms with Gasteiger partial charge in [0.25, 0.3) is 0 Å². The number of methoxy groups -OCH3 is 1. The molecule has 1 fully saturated rings. The zero-order chi connectivity index (χ0) is 17.7. The molecular formula is C18H26N2O4. The average molecular weight is 334 g/mol.